The first-order chi connectivity index (χ1) is 8.22. The van der Waals surface area contributed by atoms with Crippen LogP contribution in [0.1, 0.15) is 33.6 Å². The molecule has 0 aromatic heterocycles. The van der Waals surface area contributed by atoms with E-state index in [9.17, 15) is 0 Å². The van der Waals surface area contributed by atoms with Gasteiger partial charge in [-0.25, -0.2) is 0 Å². The third-order valence-electron chi connectivity index (χ3n) is 2.81. The summed E-state index contributed by atoms with van der Waals surface area (Å²) in [7, 11) is 0. The standard InChI is InChI=1S/C9H14N6.C2H6/c1-5-2-6-3-7(6)4-12-13-8(5)9(10)14-15-11;1-2/h4,6-7,13H,2-3H2,1H3,(H3,10,11,14);1-2H3/b8-5+,12-4+;. The van der Waals surface area contributed by atoms with E-state index in [0.717, 1.165) is 12.0 Å². The van der Waals surface area contributed by atoms with E-state index in [1.165, 1.54) is 6.42 Å². The molecule has 0 aromatic rings. The van der Waals surface area contributed by atoms with Crippen molar-refractivity contribution < 1.29 is 0 Å². The third kappa shape index (κ3) is 3.37. The number of hydrogen-bond acceptors (Lipinski definition) is 4. The van der Waals surface area contributed by atoms with Crippen LogP contribution in [0.2, 0.25) is 0 Å². The van der Waals surface area contributed by atoms with E-state index in [2.05, 4.69) is 20.9 Å². The summed E-state index contributed by atoms with van der Waals surface area (Å²) in [6, 6.07) is 0. The van der Waals surface area contributed by atoms with Crippen molar-refractivity contribution >= 4 is 12.1 Å². The fourth-order valence-electron chi connectivity index (χ4n) is 1.84. The summed E-state index contributed by atoms with van der Waals surface area (Å²) in [6.45, 7) is 5.99. The van der Waals surface area contributed by atoms with E-state index >= 15 is 0 Å². The summed E-state index contributed by atoms with van der Waals surface area (Å²) >= 11 is 0. The third-order valence-corrected chi connectivity index (χ3v) is 2.81. The molecule has 2 unspecified atom stereocenters. The lowest BCUT2D eigenvalue weighted by atomic mass is 10.1. The molecule has 0 saturated heterocycles. The molecular formula is C11H20N6. The Morgan fingerprint density at radius 3 is 2.94 bits per heavy atom. The van der Waals surface area contributed by atoms with Gasteiger partial charge in [-0.05, 0) is 37.2 Å². The molecule has 1 heterocycles. The van der Waals surface area contributed by atoms with Crippen LogP contribution >= 0.6 is 0 Å². The fourth-order valence-corrected chi connectivity index (χ4v) is 1.84. The van der Waals surface area contributed by atoms with E-state index in [1.807, 2.05) is 27.0 Å². The van der Waals surface area contributed by atoms with Gasteiger partial charge in [0.1, 0.15) is 5.70 Å². The Labute approximate surface area is 102 Å². The van der Waals surface area contributed by atoms with Gasteiger partial charge < -0.3 is 5.84 Å². The Bertz CT molecular complexity index is 368. The Kier molecular flexibility index (Phi) is 4.81. The van der Waals surface area contributed by atoms with Crippen molar-refractivity contribution in [3.63, 3.8) is 0 Å². The molecule has 0 radical (unpaired) electrons. The molecule has 2 aliphatic rings. The van der Waals surface area contributed by atoms with Gasteiger partial charge in [-0.2, -0.15) is 5.10 Å². The number of amidine groups is 1. The van der Waals surface area contributed by atoms with Gasteiger partial charge in [-0.15, -0.1) is 5.11 Å². The quantitative estimate of drug-likeness (QED) is 0.214. The van der Waals surface area contributed by atoms with Gasteiger partial charge in [0, 0.05) is 6.21 Å². The van der Waals surface area contributed by atoms with Crippen LogP contribution in [0.3, 0.4) is 0 Å². The topological polar surface area (TPSA) is 99.0 Å². The minimum Gasteiger partial charge on any atom is -0.305 e. The molecule has 6 heteroatoms. The van der Waals surface area contributed by atoms with Crippen molar-refractivity contribution in [1.29, 1.82) is 5.41 Å². The molecule has 1 aliphatic carbocycles. The van der Waals surface area contributed by atoms with E-state index in [-0.39, 0.29) is 5.84 Å². The van der Waals surface area contributed by atoms with Gasteiger partial charge in [0.2, 0.25) is 0 Å². The van der Waals surface area contributed by atoms with Gasteiger partial charge >= 0.3 is 0 Å². The minimum atomic E-state index is 0.0336. The molecule has 1 saturated carbocycles. The molecule has 1 aliphatic heterocycles. The van der Waals surface area contributed by atoms with Crippen LogP contribution in [-0.2, 0) is 0 Å². The molecule has 4 N–H and O–H groups in total. The summed E-state index contributed by atoms with van der Waals surface area (Å²) in [5.74, 6) is 6.25. The maximum atomic E-state index is 7.63. The molecule has 0 bridgehead atoms. The summed E-state index contributed by atoms with van der Waals surface area (Å²) in [5.41, 5.74) is 4.54. The predicted molar refractivity (Wildman–Crippen MR) is 68.7 cm³/mol. The highest BCUT2D eigenvalue weighted by atomic mass is 15.4. The summed E-state index contributed by atoms with van der Waals surface area (Å²) < 4.78 is 0. The zero-order valence-electron chi connectivity index (χ0n) is 10.6. The van der Waals surface area contributed by atoms with Crippen molar-refractivity contribution in [3.8, 4) is 0 Å². The molecule has 2 atom stereocenters. The van der Waals surface area contributed by atoms with Crippen molar-refractivity contribution in [2.45, 2.75) is 33.6 Å². The first-order valence-corrected chi connectivity index (χ1v) is 5.91. The number of nitrogens with two attached hydrogens (primary N) is 1. The zero-order valence-corrected chi connectivity index (χ0v) is 10.6. The Morgan fingerprint density at radius 1 is 1.59 bits per heavy atom. The number of hydrazone groups is 1. The van der Waals surface area contributed by atoms with E-state index in [0.29, 0.717) is 17.5 Å². The molecule has 0 amide bonds. The number of nitrogens with zero attached hydrogens (tertiary/aromatic N) is 3. The number of nitrogens with one attached hydrogen (secondary N) is 2. The largest absolute Gasteiger partial charge is 0.305 e. The monoisotopic (exact) mass is 236 g/mol. The van der Waals surface area contributed by atoms with Crippen LogP contribution in [0, 0.1) is 17.2 Å². The second-order valence-electron chi connectivity index (χ2n) is 3.97. The highest BCUT2D eigenvalue weighted by molar-refractivity contribution is 5.96. The van der Waals surface area contributed by atoms with Crippen LogP contribution in [0.4, 0.5) is 0 Å². The summed E-state index contributed by atoms with van der Waals surface area (Å²) in [5, 5.41) is 18.3. The first-order valence-electron chi connectivity index (χ1n) is 5.91. The highest BCUT2D eigenvalue weighted by Crippen LogP contribution is 2.42. The maximum Gasteiger partial charge on any atom is 0.194 e. The summed E-state index contributed by atoms with van der Waals surface area (Å²) in [6.07, 6.45) is 4.09. The Morgan fingerprint density at radius 2 is 2.29 bits per heavy atom. The van der Waals surface area contributed by atoms with Crippen LogP contribution in [0.15, 0.2) is 26.7 Å². The molecule has 17 heavy (non-hydrogen) atoms. The second kappa shape index (κ2) is 6.12. The van der Waals surface area contributed by atoms with Crippen molar-refractivity contribution in [3.05, 3.63) is 11.3 Å². The van der Waals surface area contributed by atoms with Crippen LogP contribution in [-0.4, -0.2) is 12.1 Å². The Balaban J connectivity index is 0.000000686. The smallest absolute Gasteiger partial charge is 0.194 e. The average Bonchev–Trinajstić information content (AvgIpc) is 3.02. The van der Waals surface area contributed by atoms with Gasteiger partial charge in [0.15, 0.2) is 5.84 Å². The van der Waals surface area contributed by atoms with E-state index < -0.39 is 0 Å². The minimum absolute atomic E-state index is 0.0336. The second-order valence-corrected chi connectivity index (χ2v) is 3.97. The predicted octanol–water partition coefficient (Wildman–Crippen LogP) is 2.20. The first kappa shape index (κ1) is 13.3. The lowest BCUT2D eigenvalue weighted by Gasteiger charge is -2.11. The fraction of sp³-hybridized carbons (Fsp3) is 0.636. The van der Waals surface area contributed by atoms with Gasteiger partial charge in [-0.3, -0.25) is 10.8 Å². The van der Waals surface area contributed by atoms with Crippen LogP contribution in [0.25, 0.3) is 0 Å². The zero-order chi connectivity index (χ0) is 12.8. The number of allylic oxidation sites excluding steroid dienone is 1. The van der Waals surface area contributed by atoms with Crippen LogP contribution in [0.5, 0.6) is 0 Å². The SMILES string of the molecule is C/C1=C(/C(=N)N=NN)N/N=C/C2CC2C1.CC. The lowest BCUT2D eigenvalue weighted by molar-refractivity contribution is 0.751. The summed E-state index contributed by atoms with van der Waals surface area (Å²) in [4.78, 5) is 0. The maximum absolute atomic E-state index is 7.63. The number of rotatable bonds is 1. The average molecular weight is 236 g/mol. The van der Waals surface area contributed by atoms with Crippen molar-refractivity contribution in [1.82, 2.24) is 5.43 Å². The van der Waals surface area contributed by atoms with Crippen LogP contribution < -0.4 is 11.3 Å². The molecular weight excluding hydrogens is 216 g/mol. The van der Waals surface area contributed by atoms with E-state index in [4.69, 9.17) is 11.3 Å². The van der Waals surface area contributed by atoms with Gasteiger partial charge in [0.05, 0.1) is 0 Å². The molecule has 2 rings (SSSR count). The Hall–Kier alpha value is -1.72. The number of hydrogen-bond donors (Lipinski definition) is 3. The molecule has 94 valence electrons. The van der Waals surface area contributed by atoms with Crippen molar-refractivity contribution in [2.24, 2.45) is 33.1 Å². The number of fused-ring (bicyclic) bond motifs is 1. The molecule has 1 fully saturated rings. The molecule has 0 aromatic carbocycles. The lowest BCUT2D eigenvalue weighted by Crippen LogP contribution is -2.17. The highest BCUT2D eigenvalue weighted by Gasteiger charge is 2.36. The molecule has 6 nitrogen and oxygen atoms in total. The van der Waals surface area contributed by atoms with Gasteiger partial charge in [-0.1, -0.05) is 19.1 Å². The van der Waals surface area contributed by atoms with Gasteiger partial charge in [0.25, 0.3) is 0 Å². The van der Waals surface area contributed by atoms with Crippen molar-refractivity contribution in [2.75, 3.05) is 0 Å². The van der Waals surface area contributed by atoms with E-state index in [1.54, 1.807) is 0 Å². The normalized spacial score (nSPS) is 32.4. The molecule has 0 spiro atoms.